The summed E-state index contributed by atoms with van der Waals surface area (Å²) in [4.78, 5) is 11.8. The molecule has 7 heteroatoms. The molecule has 2 rings (SSSR count). The molecule has 2 aromatic heterocycles. The number of carbonyl (C=O) groups excluding carboxylic acids is 1. The van der Waals surface area contributed by atoms with E-state index in [4.69, 9.17) is 20.8 Å². The lowest BCUT2D eigenvalue weighted by Gasteiger charge is -2.35. The Labute approximate surface area is 142 Å². The lowest BCUT2D eigenvalue weighted by Crippen LogP contribution is -2.40. The van der Waals surface area contributed by atoms with E-state index in [0.717, 1.165) is 5.69 Å². The Bertz CT molecular complexity index is 735. The van der Waals surface area contributed by atoms with Crippen LogP contribution in [-0.4, -0.2) is 31.0 Å². The fraction of sp³-hybridized carbons (Fsp3) is 0.500. The lowest BCUT2D eigenvalue weighted by molar-refractivity contribution is 0.0590. The number of rotatable bonds is 4. The third-order valence-electron chi connectivity index (χ3n) is 4.40. The summed E-state index contributed by atoms with van der Waals surface area (Å²) in [7, 11) is -0.525. The summed E-state index contributed by atoms with van der Waals surface area (Å²) in [5.41, 5.74) is 1.75. The molecule has 2 aromatic rings. The van der Waals surface area contributed by atoms with Gasteiger partial charge in [0, 0.05) is 0 Å². The van der Waals surface area contributed by atoms with Crippen LogP contribution in [0.15, 0.2) is 18.2 Å². The predicted molar refractivity (Wildman–Crippen MR) is 93.5 cm³/mol. The molecule has 0 aliphatic carbocycles. The van der Waals surface area contributed by atoms with Gasteiger partial charge in [-0.05, 0) is 36.3 Å². The molecule has 0 aliphatic heterocycles. The quantitative estimate of drug-likeness (QED) is 0.607. The fourth-order valence-electron chi connectivity index (χ4n) is 1.89. The maximum Gasteiger partial charge on any atom is 0.356 e. The van der Waals surface area contributed by atoms with Gasteiger partial charge in [-0.3, -0.25) is 0 Å². The van der Waals surface area contributed by atoms with Crippen molar-refractivity contribution in [3.05, 3.63) is 34.6 Å². The number of hydrogen-bond donors (Lipinski definition) is 0. The van der Waals surface area contributed by atoms with E-state index in [9.17, 15) is 4.79 Å². The van der Waals surface area contributed by atoms with E-state index in [1.807, 2.05) is 6.07 Å². The van der Waals surface area contributed by atoms with Gasteiger partial charge in [0.1, 0.15) is 0 Å². The summed E-state index contributed by atoms with van der Waals surface area (Å²) in [5, 5.41) is 5.11. The third kappa shape index (κ3) is 3.59. The largest absolute Gasteiger partial charge is 0.464 e. The monoisotopic (exact) mass is 354 g/mol. The van der Waals surface area contributed by atoms with Gasteiger partial charge < -0.3 is 9.16 Å². The summed E-state index contributed by atoms with van der Waals surface area (Å²) in [6.45, 7) is 11.3. The highest BCUT2D eigenvalue weighted by molar-refractivity contribution is 6.74. The minimum Gasteiger partial charge on any atom is -0.464 e. The minimum atomic E-state index is -1.87. The van der Waals surface area contributed by atoms with Crippen LogP contribution in [0.2, 0.25) is 23.2 Å². The number of fused-ring (bicyclic) bond motifs is 1. The van der Waals surface area contributed by atoms with Gasteiger partial charge >= 0.3 is 5.97 Å². The van der Waals surface area contributed by atoms with Crippen molar-refractivity contribution in [3.63, 3.8) is 0 Å². The van der Waals surface area contributed by atoms with Crippen LogP contribution in [0, 0.1) is 0 Å². The second kappa shape index (κ2) is 6.26. The maximum absolute atomic E-state index is 11.8. The van der Waals surface area contributed by atoms with Crippen molar-refractivity contribution in [3.8, 4) is 0 Å². The van der Waals surface area contributed by atoms with Crippen molar-refractivity contribution in [1.29, 1.82) is 0 Å². The van der Waals surface area contributed by atoms with E-state index in [0.29, 0.717) is 22.8 Å². The number of pyridine rings is 1. The Balaban J connectivity index is 2.34. The second-order valence-corrected chi connectivity index (χ2v) is 12.3. The Morgan fingerprint density at radius 2 is 2.00 bits per heavy atom. The zero-order valence-corrected chi connectivity index (χ0v) is 16.2. The Morgan fingerprint density at radius 3 is 2.57 bits per heavy atom. The van der Waals surface area contributed by atoms with Gasteiger partial charge in [-0.2, -0.15) is 5.10 Å². The smallest absolute Gasteiger partial charge is 0.356 e. The Morgan fingerprint density at radius 1 is 1.35 bits per heavy atom. The molecule has 0 spiro atoms. The summed E-state index contributed by atoms with van der Waals surface area (Å²) < 4.78 is 12.5. The molecule has 0 radical (unpaired) electrons. The molecule has 0 fully saturated rings. The van der Waals surface area contributed by atoms with E-state index in [1.165, 1.54) is 11.6 Å². The zero-order valence-electron chi connectivity index (χ0n) is 14.4. The van der Waals surface area contributed by atoms with Gasteiger partial charge in [-0.15, -0.1) is 0 Å². The summed E-state index contributed by atoms with van der Waals surface area (Å²) in [6, 6.07) is 5.12. The molecule has 0 N–H and O–H groups in total. The first-order chi connectivity index (χ1) is 10.6. The molecular weight excluding hydrogens is 332 g/mol. The number of esters is 1. The molecule has 0 atom stereocenters. The van der Waals surface area contributed by atoms with Crippen LogP contribution in [0.1, 0.15) is 37.0 Å². The highest BCUT2D eigenvalue weighted by Gasteiger charge is 2.37. The fourth-order valence-corrected chi connectivity index (χ4v) is 3.03. The molecule has 0 saturated heterocycles. The third-order valence-corrected chi connectivity index (χ3v) is 9.20. The topological polar surface area (TPSA) is 52.8 Å². The number of halogens is 1. The highest BCUT2D eigenvalue weighted by atomic mass is 35.5. The summed E-state index contributed by atoms with van der Waals surface area (Å²) in [5.74, 6) is -0.452. The summed E-state index contributed by atoms with van der Waals surface area (Å²) in [6.07, 6.45) is 0. The Kier molecular flexibility index (Phi) is 4.89. The average Bonchev–Trinajstić information content (AvgIpc) is 2.88. The van der Waals surface area contributed by atoms with Crippen LogP contribution in [-0.2, 0) is 15.8 Å². The molecule has 126 valence electrons. The number of carbonyl (C=O) groups is 1. The van der Waals surface area contributed by atoms with Crippen LogP contribution in [0.4, 0.5) is 0 Å². The standard InChI is InChI=1S/C16H23ClN2O3Si/c1-16(2,3)23(5,6)22-10-11-9-14-12(17)7-8-13(15(20)21-4)19(14)18-11/h7-9H,10H2,1-6H3. The number of ether oxygens (including phenoxy) is 1. The molecule has 0 aliphatic rings. The van der Waals surface area contributed by atoms with E-state index >= 15 is 0 Å². The first-order valence-electron chi connectivity index (χ1n) is 7.46. The van der Waals surface area contributed by atoms with Gasteiger partial charge in [0.05, 0.1) is 29.9 Å². The van der Waals surface area contributed by atoms with E-state index in [2.05, 4.69) is 39.0 Å². The van der Waals surface area contributed by atoms with Crippen molar-refractivity contribution in [2.24, 2.45) is 0 Å². The molecule has 2 heterocycles. The van der Waals surface area contributed by atoms with Crippen molar-refractivity contribution in [1.82, 2.24) is 9.61 Å². The van der Waals surface area contributed by atoms with Gasteiger partial charge in [-0.1, -0.05) is 32.4 Å². The normalized spacial score (nSPS) is 12.7. The molecule has 0 aromatic carbocycles. The Hall–Kier alpha value is -1.37. The minimum absolute atomic E-state index is 0.126. The maximum atomic E-state index is 11.8. The van der Waals surface area contributed by atoms with Crippen molar-refractivity contribution < 1.29 is 14.0 Å². The van der Waals surface area contributed by atoms with Crippen molar-refractivity contribution in [2.75, 3.05) is 7.11 Å². The molecule has 5 nitrogen and oxygen atoms in total. The summed E-state index contributed by atoms with van der Waals surface area (Å²) >= 11 is 6.21. The van der Waals surface area contributed by atoms with E-state index < -0.39 is 14.3 Å². The van der Waals surface area contributed by atoms with Gasteiger partial charge in [-0.25, -0.2) is 9.31 Å². The van der Waals surface area contributed by atoms with Crippen LogP contribution in [0.3, 0.4) is 0 Å². The van der Waals surface area contributed by atoms with Crippen LogP contribution in [0.25, 0.3) is 5.52 Å². The second-order valence-electron chi connectivity index (χ2n) is 7.04. The van der Waals surface area contributed by atoms with E-state index in [-0.39, 0.29) is 5.04 Å². The predicted octanol–water partition coefficient (Wildman–Crippen LogP) is 4.30. The molecule has 0 saturated carbocycles. The van der Waals surface area contributed by atoms with Crippen LogP contribution in [0.5, 0.6) is 0 Å². The van der Waals surface area contributed by atoms with Crippen LogP contribution < -0.4 is 0 Å². The molecule has 23 heavy (non-hydrogen) atoms. The lowest BCUT2D eigenvalue weighted by atomic mass is 10.2. The molecular formula is C16H23ClN2O3Si. The SMILES string of the molecule is COC(=O)c1ccc(Cl)c2cc(CO[Si](C)(C)C(C)(C)C)nn12. The zero-order chi connectivity index (χ0) is 17.4. The first-order valence-corrected chi connectivity index (χ1v) is 10.7. The molecule has 0 unspecified atom stereocenters. The van der Waals surface area contributed by atoms with Crippen molar-refractivity contribution >= 4 is 31.4 Å². The van der Waals surface area contributed by atoms with Gasteiger partial charge in [0.25, 0.3) is 0 Å². The van der Waals surface area contributed by atoms with Gasteiger partial charge in [0.2, 0.25) is 0 Å². The molecule has 0 amide bonds. The van der Waals surface area contributed by atoms with Crippen LogP contribution >= 0.6 is 11.6 Å². The first kappa shape index (κ1) is 18.0. The van der Waals surface area contributed by atoms with Crippen molar-refractivity contribution in [2.45, 2.75) is 45.5 Å². The molecule has 0 bridgehead atoms. The number of hydrogen-bond acceptors (Lipinski definition) is 4. The van der Waals surface area contributed by atoms with Gasteiger partial charge in [0.15, 0.2) is 14.0 Å². The number of aromatic nitrogens is 2. The van der Waals surface area contributed by atoms with E-state index in [1.54, 1.807) is 12.1 Å². The average molecular weight is 355 g/mol. The highest BCUT2D eigenvalue weighted by Crippen LogP contribution is 2.37. The number of nitrogens with zero attached hydrogens (tertiary/aromatic N) is 2. The number of methoxy groups -OCH3 is 1.